The van der Waals surface area contributed by atoms with Gasteiger partial charge in [-0.3, -0.25) is 14.3 Å². The molecule has 29 heavy (non-hydrogen) atoms. The maximum atomic E-state index is 12.6. The maximum absolute atomic E-state index is 12.6. The number of nitrogens with one attached hydrogen (secondary N) is 3. The lowest BCUT2D eigenvalue weighted by Gasteiger charge is -2.14. The van der Waals surface area contributed by atoms with Crippen LogP contribution in [0.2, 0.25) is 0 Å². The average molecular weight is 431 g/mol. The van der Waals surface area contributed by atoms with Crippen molar-refractivity contribution in [3.8, 4) is 5.75 Å². The Labute approximate surface area is 164 Å². The molecule has 2 aromatic carbocycles. The van der Waals surface area contributed by atoms with Crippen molar-refractivity contribution in [3.63, 3.8) is 0 Å². The molecule has 2 amide bonds. The van der Waals surface area contributed by atoms with Crippen molar-refractivity contribution in [2.45, 2.75) is 11.1 Å². The Hall–Kier alpha value is -3.28. The number of hydrogen-bond donors (Lipinski definition) is 3. The fourth-order valence-electron chi connectivity index (χ4n) is 2.18. The van der Waals surface area contributed by atoms with Crippen LogP contribution in [-0.2, 0) is 14.8 Å². The van der Waals surface area contributed by atoms with Crippen LogP contribution in [0.4, 0.5) is 24.5 Å². The molecule has 0 aliphatic heterocycles. The van der Waals surface area contributed by atoms with E-state index in [9.17, 15) is 31.2 Å². The number of halogens is 3. The van der Waals surface area contributed by atoms with Gasteiger partial charge in [0.2, 0.25) is 0 Å². The standard InChI is InChI=1S/C17H16F3N3O5S/c1-21-15(24)13-9-11(28-2)5-8-14(13)23-29(26,27)12-6-3-10(4-7-12)22-16(25)17(18,19)20/h3-9,23H,1-2H3,(H,21,24)(H,22,25). The summed E-state index contributed by atoms with van der Waals surface area (Å²) in [5, 5.41) is 3.98. The van der Waals surface area contributed by atoms with Crippen molar-refractivity contribution in [2.24, 2.45) is 0 Å². The van der Waals surface area contributed by atoms with Gasteiger partial charge in [-0.2, -0.15) is 13.2 Å². The Morgan fingerprint density at radius 2 is 1.66 bits per heavy atom. The van der Waals surface area contributed by atoms with Crippen molar-refractivity contribution < 1.29 is 35.9 Å². The highest BCUT2D eigenvalue weighted by Gasteiger charge is 2.38. The molecule has 3 N–H and O–H groups in total. The van der Waals surface area contributed by atoms with Crippen LogP contribution in [0.15, 0.2) is 47.4 Å². The van der Waals surface area contributed by atoms with Gasteiger partial charge in [0.05, 0.1) is 23.3 Å². The monoisotopic (exact) mass is 431 g/mol. The van der Waals surface area contributed by atoms with Gasteiger partial charge in [0.25, 0.3) is 15.9 Å². The van der Waals surface area contributed by atoms with E-state index in [4.69, 9.17) is 4.74 Å². The van der Waals surface area contributed by atoms with Crippen molar-refractivity contribution in [1.29, 1.82) is 0 Å². The topological polar surface area (TPSA) is 114 Å². The van der Waals surface area contributed by atoms with Crippen LogP contribution in [0.25, 0.3) is 0 Å². The molecule has 0 radical (unpaired) electrons. The minimum absolute atomic E-state index is 0.00415. The van der Waals surface area contributed by atoms with Crippen molar-refractivity contribution in [1.82, 2.24) is 5.32 Å². The molecular formula is C17H16F3N3O5S. The first-order valence-corrected chi connectivity index (χ1v) is 9.37. The van der Waals surface area contributed by atoms with Crippen molar-refractivity contribution >= 4 is 33.2 Å². The van der Waals surface area contributed by atoms with Gasteiger partial charge in [-0.25, -0.2) is 8.42 Å². The summed E-state index contributed by atoms with van der Waals surface area (Å²) in [7, 11) is -1.43. The Morgan fingerprint density at radius 3 is 2.17 bits per heavy atom. The summed E-state index contributed by atoms with van der Waals surface area (Å²) in [4.78, 5) is 22.7. The second kappa shape index (κ2) is 8.39. The van der Waals surface area contributed by atoms with Crippen molar-refractivity contribution in [3.05, 3.63) is 48.0 Å². The summed E-state index contributed by atoms with van der Waals surface area (Å²) in [6, 6.07) is 8.15. The molecule has 0 atom stereocenters. The number of ether oxygens (including phenoxy) is 1. The van der Waals surface area contributed by atoms with Gasteiger partial charge in [-0.15, -0.1) is 0 Å². The molecule has 0 saturated carbocycles. The molecule has 0 heterocycles. The third-order valence-electron chi connectivity index (χ3n) is 3.62. The Morgan fingerprint density at radius 1 is 1.03 bits per heavy atom. The SMILES string of the molecule is CNC(=O)c1cc(OC)ccc1NS(=O)(=O)c1ccc(NC(=O)C(F)(F)F)cc1. The Bertz CT molecular complexity index is 1020. The predicted octanol–water partition coefficient (Wildman–Crippen LogP) is 2.36. The first-order valence-electron chi connectivity index (χ1n) is 7.89. The van der Waals surface area contributed by atoms with Crippen LogP contribution in [0, 0.1) is 0 Å². The van der Waals surface area contributed by atoms with Gasteiger partial charge in [-0.05, 0) is 42.5 Å². The molecule has 12 heteroatoms. The second-order valence-electron chi connectivity index (χ2n) is 5.57. The first kappa shape index (κ1) is 22.0. The molecule has 0 aromatic heterocycles. The Kier molecular flexibility index (Phi) is 6.37. The maximum Gasteiger partial charge on any atom is 0.471 e. The number of carbonyl (C=O) groups excluding carboxylic acids is 2. The van der Waals surface area contributed by atoms with Gasteiger partial charge in [0.1, 0.15) is 5.75 Å². The number of sulfonamides is 1. The van der Waals surface area contributed by atoms with Crippen LogP contribution in [-0.4, -0.2) is 40.6 Å². The summed E-state index contributed by atoms with van der Waals surface area (Å²) in [5.74, 6) is -2.41. The molecule has 0 spiro atoms. The highest BCUT2D eigenvalue weighted by molar-refractivity contribution is 7.92. The lowest BCUT2D eigenvalue weighted by Crippen LogP contribution is -2.29. The number of methoxy groups -OCH3 is 1. The number of anilines is 2. The normalized spacial score (nSPS) is 11.5. The third kappa shape index (κ3) is 5.38. The molecule has 8 nitrogen and oxygen atoms in total. The van der Waals surface area contributed by atoms with E-state index in [1.54, 1.807) is 5.32 Å². The van der Waals surface area contributed by atoms with Crippen LogP contribution >= 0.6 is 0 Å². The predicted molar refractivity (Wildman–Crippen MR) is 98.3 cm³/mol. The second-order valence-corrected chi connectivity index (χ2v) is 7.25. The summed E-state index contributed by atoms with van der Waals surface area (Å²) >= 11 is 0. The van der Waals surface area contributed by atoms with E-state index in [1.807, 2.05) is 0 Å². The molecule has 0 saturated heterocycles. The molecular weight excluding hydrogens is 415 g/mol. The van der Waals surface area contributed by atoms with E-state index in [0.29, 0.717) is 5.75 Å². The summed E-state index contributed by atoms with van der Waals surface area (Å²) in [6.07, 6.45) is -5.07. The number of amides is 2. The van der Waals surface area contributed by atoms with E-state index in [-0.39, 0.29) is 21.8 Å². The fourth-order valence-corrected chi connectivity index (χ4v) is 3.26. The number of carbonyl (C=O) groups is 2. The zero-order valence-electron chi connectivity index (χ0n) is 15.1. The third-order valence-corrected chi connectivity index (χ3v) is 5.00. The lowest BCUT2D eigenvalue weighted by molar-refractivity contribution is -0.167. The molecule has 0 fully saturated rings. The number of hydrogen-bond acceptors (Lipinski definition) is 5. The van der Waals surface area contributed by atoms with Gasteiger partial charge in [0, 0.05) is 12.7 Å². The highest BCUT2D eigenvalue weighted by atomic mass is 32.2. The van der Waals surface area contributed by atoms with E-state index >= 15 is 0 Å². The minimum Gasteiger partial charge on any atom is -0.497 e. The van der Waals surface area contributed by atoms with Gasteiger partial charge >= 0.3 is 12.1 Å². The molecule has 2 rings (SSSR count). The van der Waals surface area contributed by atoms with Gasteiger partial charge < -0.3 is 15.4 Å². The number of alkyl halides is 3. The van der Waals surface area contributed by atoms with Crippen LogP contribution in [0.3, 0.4) is 0 Å². The van der Waals surface area contributed by atoms with Crippen molar-refractivity contribution in [2.75, 3.05) is 24.2 Å². The first-order chi connectivity index (χ1) is 13.5. The average Bonchev–Trinajstić information content (AvgIpc) is 2.67. The smallest absolute Gasteiger partial charge is 0.471 e. The Balaban J connectivity index is 2.28. The van der Waals surface area contributed by atoms with Crippen LogP contribution in [0.5, 0.6) is 5.75 Å². The van der Waals surface area contributed by atoms with Gasteiger partial charge in [-0.1, -0.05) is 0 Å². The zero-order valence-corrected chi connectivity index (χ0v) is 15.9. The molecule has 0 aliphatic carbocycles. The van der Waals surface area contributed by atoms with Crippen LogP contribution in [0.1, 0.15) is 10.4 Å². The van der Waals surface area contributed by atoms with E-state index < -0.39 is 28.0 Å². The molecule has 0 aliphatic rings. The van der Waals surface area contributed by atoms with E-state index in [1.165, 1.54) is 32.4 Å². The molecule has 0 bridgehead atoms. The highest BCUT2D eigenvalue weighted by Crippen LogP contribution is 2.26. The quantitative estimate of drug-likeness (QED) is 0.650. The fraction of sp³-hybridized carbons (Fsp3) is 0.176. The summed E-state index contributed by atoms with van der Waals surface area (Å²) in [6.45, 7) is 0. The molecule has 0 unspecified atom stereocenters. The zero-order chi connectivity index (χ0) is 21.8. The summed E-state index contributed by atoms with van der Waals surface area (Å²) in [5.41, 5.74) is -0.258. The number of rotatable bonds is 6. The molecule has 156 valence electrons. The molecule has 2 aromatic rings. The largest absolute Gasteiger partial charge is 0.497 e. The lowest BCUT2D eigenvalue weighted by atomic mass is 10.1. The van der Waals surface area contributed by atoms with E-state index in [2.05, 4.69) is 10.0 Å². The minimum atomic E-state index is -5.07. The van der Waals surface area contributed by atoms with E-state index in [0.717, 1.165) is 24.3 Å². The van der Waals surface area contributed by atoms with Crippen LogP contribution < -0.4 is 20.1 Å². The number of benzene rings is 2. The van der Waals surface area contributed by atoms with Gasteiger partial charge in [0.15, 0.2) is 0 Å². The summed E-state index contributed by atoms with van der Waals surface area (Å²) < 4.78 is 69.2.